The van der Waals surface area contributed by atoms with Crippen molar-refractivity contribution in [1.82, 2.24) is 24.5 Å². The fourth-order valence-electron chi connectivity index (χ4n) is 3.50. The van der Waals surface area contributed by atoms with Crippen molar-refractivity contribution in [3.8, 4) is 11.3 Å². The van der Waals surface area contributed by atoms with Gasteiger partial charge >= 0.3 is 0 Å². The van der Waals surface area contributed by atoms with E-state index in [1.807, 2.05) is 36.4 Å². The minimum atomic E-state index is 0.157. The summed E-state index contributed by atoms with van der Waals surface area (Å²) in [6.07, 6.45) is 1.69. The monoisotopic (exact) mass is 366 g/mol. The molecule has 1 saturated heterocycles. The molecular weight excluding hydrogens is 340 g/mol. The summed E-state index contributed by atoms with van der Waals surface area (Å²) >= 11 is 0. The zero-order valence-corrected chi connectivity index (χ0v) is 15.9. The summed E-state index contributed by atoms with van der Waals surface area (Å²) in [7, 11) is 0. The van der Waals surface area contributed by atoms with E-state index in [4.69, 9.17) is 4.74 Å². The van der Waals surface area contributed by atoms with Crippen LogP contribution in [0.25, 0.3) is 17.0 Å². The Hall–Kier alpha value is -2.51. The van der Waals surface area contributed by atoms with Gasteiger partial charge in [0.05, 0.1) is 18.4 Å². The molecule has 2 aromatic heterocycles. The molecule has 0 saturated carbocycles. The van der Waals surface area contributed by atoms with Crippen molar-refractivity contribution >= 4 is 11.6 Å². The van der Waals surface area contributed by atoms with Gasteiger partial charge in [-0.1, -0.05) is 44.2 Å². The number of morpholine rings is 1. The van der Waals surface area contributed by atoms with Crippen molar-refractivity contribution in [2.75, 3.05) is 38.1 Å². The molecule has 0 amide bonds. The van der Waals surface area contributed by atoms with Gasteiger partial charge in [-0.15, -0.1) is 0 Å². The molecule has 7 heteroatoms. The highest BCUT2D eigenvalue weighted by Gasteiger charge is 2.21. The standard InChI is InChI=1S/C20H26N6O/c1-15(2)12-25-8-9-27-17(13-25)11-21-19-10-18(16-6-4-3-5-7-16)24-20-22-14-23-26(19)20/h3-7,10,14-15,17,21H,8-9,11-13H2,1-2H3. The first-order valence-corrected chi connectivity index (χ1v) is 9.53. The van der Waals surface area contributed by atoms with Crippen molar-refractivity contribution in [1.29, 1.82) is 0 Å². The first-order valence-electron chi connectivity index (χ1n) is 9.53. The van der Waals surface area contributed by atoms with Gasteiger partial charge in [-0.3, -0.25) is 4.90 Å². The molecule has 3 heterocycles. The highest BCUT2D eigenvalue weighted by Crippen LogP contribution is 2.21. The van der Waals surface area contributed by atoms with Gasteiger partial charge in [0.1, 0.15) is 12.1 Å². The van der Waals surface area contributed by atoms with E-state index in [0.29, 0.717) is 11.7 Å². The van der Waals surface area contributed by atoms with Gasteiger partial charge in [0.25, 0.3) is 5.78 Å². The molecule has 1 atom stereocenters. The first-order chi connectivity index (χ1) is 13.2. The van der Waals surface area contributed by atoms with E-state index in [1.54, 1.807) is 4.52 Å². The van der Waals surface area contributed by atoms with Crippen molar-refractivity contribution in [3.05, 3.63) is 42.7 Å². The van der Waals surface area contributed by atoms with Crippen LogP contribution in [0.5, 0.6) is 0 Å². The molecule has 0 bridgehead atoms. The largest absolute Gasteiger partial charge is 0.374 e. The lowest BCUT2D eigenvalue weighted by Gasteiger charge is -2.34. The average molecular weight is 366 g/mol. The summed E-state index contributed by atoms with van der Waals surface area (Å²) in [5.74, 6) is 2.13. The van der Waals surface area contributed by atoms with Crippen LogP contribution in [0, 0.1) is 5.92 Å². The highest BCUT2D eigenvalue weighted by atomic mass is 16.5. The van der Waals surface area contributed by atoms with E-state index >= 15 is 0 Å². The van der Waals surface area contributed by atoms with Crippen LogP contribution in [0.2, 0.25) is 0 Å². The second-order valence-corrected chi connectivity index (χ2v) is 7.39. The van der Waals surface area contributed by atoms with Crippen LogP contribution >= 0.6 is 0 Å². The topological polar surface area (TPSA) is 67.6 Å². The zero-order valence-electron chi connectivity index (χ0n) is 15.9. The fraction of sp³-hybridized carbons (Fsp3) is 0.450. The number of nitrogens with one attached hydrogen (secondary N) is 1. The third-order valence-electron chi connectivity index (χ3n) is 4.68. The molecule has 1 fully saturated rings. The van der Waals surface area contributed by atoms with Crippen LogP contribution in [0.1, 0.15) is 13.8 Å². The molecule has 142 valence electrons. The molecule has 0 radical (unpaired) electrons. The minimum absolute atomic E-state index is 0.157. The van der Waals surface area contributed by atoms with Crippen molar-refractivity contribution in [2.24, 2.45) is 5.92 Å². The Bertz CT molecular complexity index is 879. The normalized spacial score (nSPS) is 18.3. The van der Waals surface area contributed by atoms with Crippen LogP contribution in [0.4, 0.5) is 5.82 Å². The number of ether oxygens (including phenoxy) is 1. The second kappa shape index (κ2) is 8.02. The van der Waals surface area contributed by atoms with Gasteiger partial charge < -0.3 is 10.1 Å². The van der Waals surface area contributed by atoms with E-state index in [-0.39, 0.29) is 6.10 Å². The molecular formula is C20H26N6O. The maximum atomic E-state index is 5.95. The van der Waals surface area contributed by atoms with E-state index in [2.05, 4.69) is 39.1 Å². The Balaban J connectivity index is 1.51. The SMILES string of the molecule is CC(C)CN1CCOC(CNc2cc(-c3ccccc3)nc3ncnn23)C1. The summed E-state index contributed by atoms with van der Waals surface area (Å²) in [6, 6.07) is 12.1. The Kier molecular flexibility index (Phi) is 5.31. The molecule has 1 aromatic carbocycles. The molecule has 1 N–H and O–H groups in total. The van der Waals surface area contributed by atoms with E-state index in [9.17, 15) is 0 Å². The van der Waals surface area contributed by atoms with Crippen LogP contribution in [-0.4, -0.2) is 63.4 Å². The average Bonchev–Trinajstić information content (AvgIpc) is 3.15. The summed E-state index contributed by atoms with van der Waals surface area (Å²) in [6.45, 7) is 9.09. The number of benzene rings is 1. The van der Waals surface area contributed by atoms with Crippen molar-refractivity contribution < 1.29 is 4.74 Å². The predicted octanol–water partition coefficient (Wildman–Crippen LogP) is 2.56. The van der Waals surface area contributed by atoms with E-state index in [1.165, 1.54) is 6.33 Å². The number of aromatic nitrogens is 4. The maximum Gasteiger partial charge on any atom is 0.254 e. The molecule has 1 unspecified atom stereocenters. The van der Waals surface area contributed by atoms with Crippen LogP contribution < -0.4 is 5.32 Å². The molecule has 7 nitrogen and oxygen atoms in total. The van der Waals surface area contributed by atoms with Crippen molar-refractivity contribution in [2.45, 2.75) is 20.0 Å². The summed E-state index contributed by atoms with van der Waals surface area (Å²) in [5, 5.41) is 7.80. The molecule has 1 aliphatic rings. The summed E-state index contributed by atoms with van der Waals surface area (Å²) in [4.78, 5) is 11.4. The molecule has 0 spiro atoms. The smallest absolute Gasteiger partial charge is 0.254 e. The Morgan fingerprint density at radius 1 is 1.26 bits per heavy atom. The summed E-state index contributed by atoms with van der Waals surface area (Å²) in [5.41, 5.74) is 1.94. The number of fused-ring (bicyclic) bond motifs is 1. The van der Waals surface area contributed by atoms with Gasteiger partial charge in [-0.25, -0.2) is 4.98 Å². The third kappa shape index (κ3) is 4.26. The molecule has 4 rings (SSSR count). The summed E-state index contributed by atoms with van der Waals surface area (Å²) < 4.78 is 7.69. The number of nitrogens with zero attached hydrogens (tertiary/aromatic N) is 5. The van der Waals surface area contributed by atoms with E-state index in [0.717, 1.165) is 49.9 Å². The number of hydrogen-bond donors (Lipinski definition) is 1. The quantitative estimate of drug-likeness (QED) is 0.723. The Morgan fingerprint density at radius 2 is 2.11 bits per heavy atom. The Labute approximate surface area is 159 Å². The predicted molar refractivity (Wildman–Crippen MR) is 106 cm³/mol. The van der Waals surface area contributed by atoms with Crippen LogP contribution in [0.3, 0.4) is 0 Å². The van der Waals surface area contributed by atoms with Crippen LogP contribution in [-0.2, 0) is 4.74 Å². The van der Waals surface area contributed by atoms with Crippen molar-refractivity contribution in [3.63, 3.8) is 0 Å². The highest BCUT2D eigenvalue weighted by molar-refractivity contribution is 5.65. The lowest BCUT2D eigenvalue weighted by atomic mass is 10.1. The second-order valence-electron chi connectivity index (χ2n) is 7.39. The van der Waals surface area contributed by atoms with Gasteiger partial charge in [-0.05, 0) is 5.92 Å². The lowest BCUT2D eigenvalue weighted by molar-refractivity contribution is -0.0244. The first kappa shape index (κ1) is 17.9. The third-order valence-corrected chi connectivity index (χ3v) is 4.68. The minimum Gasteiger partial charge on any atom is -0.374 e. The maximum absolute atomic E-state index is 5.95. The lowest BCUT2D eigenvalue weighted by Crippen LogP contribution is -2.46. The van der Waals surface area contributed by atoms with Gasteiger partial charge in [0.15, 0.2) is 0 Å². The zero-order chi connectivity index (χ0) is 18.6. The molecule has 27 heavy (non-hydrogen) atoms. The van der Waals surface area contributed by atoms with Gasteiger partial charge in [0.2, 0.25) is 0 Å². The molecule has 1 aliphatic heterocycles. The molecule has 3 aromatic rings. The van der Waals surface area contributed by atoms with Gasteiger partial charge in [0, 0.05) is 37.8 Å². The van der Waals surface area contributed by atoms with Gasteiger partial charge in [-0.2, -0.15) is 14.6 Å². The number of anilines is 1. The number of rotatable bonds is 6. The van der Waals surface area contributed by atoms with E-state index < -0.39 is 0 Å². The fourth-order valence-corrected chi connectivity index (χ4v) is 3.50. The van der Waals surface area contributed by atoms with Crippen LogP contribution in [0.15, 0.2) is 42.7 Å². The Morgan fingerprint density at radius 3 is 2.93 bits per heavy atom. The number of hydrogen-bond acceptors (Lipinski definition) is 6. The molecule has 0 aliphatic carbocycles.